The maximum Gasteiger partial charge on any atom is 0.0810 e. The molecule has 0 heterocycles. The fourth-order valence-corrected chi connectivity index (χ4v) is 1.10. The smallest absolute Gasteiger partial charge is 0.0810 e. The molecule has 1 rings (SSSR count). The van der Waals surface area contributed by atoms with Crippen molar-refractivity contribution < 1.29 is 0 Å². The third kappa shape index (κ3) is 2.20. The van der Waals surface area contributed by atoms with Crippen LogP contribution in [0.5, 0.6) is 0 Å². The van der Waals surface area contributed by atoms with E-state index in [2.05, 4.69) is 23.5 Å². The highest BCUT2D eigenvalue weighted by Crippen LogP contribution is 2.12. The Labute approximate surface area is 62.2 Å². The van der Waals surface area contributed by atoms with Gasteiger partial charge in [-0.3, -0.25) is 4.99 Å². The van der Waals surface area contributed by atoms with Crippen LogP contribution in [0.1, 0.15) is 32.1 Å². The molecule has 0 amide bonds. The maximum atomic E-state index is 3.87. The molecule has 0 aromatic heterocycles. The molecule has 10 heavy (non-hydrogen) atoms. The standard InChI is InChI=1S/C9H13N/c1-10-9-7-5-3-2-4-6-8-9/h5H,1-4,6,8H2. The van der Waals surface area contributed by atoms with E-state index < -0.39 is 0 Å². The van der Waals surface area contributed by atoms with Crippen LogP contribution < -0.4 is 0 Å². The number of aliphatic imine (C=N–C) groups is 1. The minimum absolute atomic E-state index is 1.03. The molecular formula is C9H13N. The van der Waals surface area contributed by atoms with Gasteiger partial charge >= 0.3 is 0 Å². The van der Waals surface area contributed by atoms with Crippen LogP contribution in [0.4, 0.5) is 0 Å². The summed E-state index contributed by atoms with van der Waals surface area (Å²) in [6, 6.07) is 0. The summed E-state index contributed by atoms with van der Waals surface area (Å²) in [6.45, 7) is 3.49. The van der Waals surface area contributed by atoms with Crippen LogP contribution in [-0.2, 0) is 0 Å². The minimum atomic E-state index is 1.03. The van der Waals surface area contributed by atoms with Crippen LogP contribution in [0.15, 0.2) is 22.5 Å². The first-order chi connectivity index (χ1) is 4.93. The lowest BCUT2D eigenvalue weighted by Crippen LogP contribution is -1.82. The van der Waals surface area contributed by atoms with E-state index in [0.29, 0.717) is 0 Å². The van der Waals surface area contributed by atoms with Crippen LogP contribution in [0.3, 0.4) is 0 Å². The van der Waals surface area contributed by atoms with E-state index in [9.17, 15) is 0 Å². The monoisotopic (exact) mass is 135 g/mol. The second-order valence-electron chi connectivity index (χ2n) is 2.55. The second kappa shape index (κ2) is 4.08. The Morgan fingerprint density at radius 3 is 3.10 bits per heavy atom. The molecule has 0 saturated heterocycles. The van der Waals surface area contributed by atoms with Crippen molar-refractivity contribution in [3.05, 3.63) is 17.5 Å². The predicted octanol–water partition coefficient (Wildman–Crippen LogP) is 2.69. The molecule has 54 valence electrons. The van der Waals surface area contributed by atoms with Crippen LogP contribution in [0.2, 0.25) is 0 Å². The van der Waals surface area contributed by atoms with Gasteiger partial charge < -0.3 is 0 Å². The average Bonchev–Trinajstić information content (AvgIpc) is 1.87. The molecule has 0 aromatic carbocycles. The van der Waals surface area contributed by atoms with Crippen molar-refractivity contribution in [3.8, 4) is 0 Å². The molecule has 0 aromatic rings. The van der Waals surface area contributed by atoms with Gasteiger partial charge in [-0.25, -0.2) is 0 Å². The summed E-state index contributed by atoms with van der Waals surface area (Å²) in [5, 5.41) is 0. The lowest BCUT2D eigenvalue weighted by atomic mass is 10.1. The molecule has 0 spiro atoms. The summed E-state index contributed by atoms with van der Waals surface area (Å²) in [7, 11) is 0. The quantitative estimate of drug-likeness (QED) is 0.387. The molecule has 0 unspecified atom stereocenters. The third-order valence-electron chi connectivity index (χ3n) is 1.72. The van der Waals surface area contributed by atoms with E-state index >= 15 is 0 Å². The fourth-order valence-electron chi connectivity index (χ4n) is 1.10. The summed E-state index contributed by atoms with van der Waals surface area (Å²) in [4.78, 5) is 3.87. The highest BCUT2D eigenvalue weighted by atomic mass is 14.7. The molecule has 0 atom stereocenters. The van der Waals surface area contributed by atoms with E-state index in [1.807, 2.05) is 0 Å². The highest BCUT2D eigenvalue weighted by Gasteiger charge is 1.95. The highest BCUT2D eigenvalue weighted by molar-refractivity contribution is 5.28. The molecule has 0 radical (unpaired) electrons. The van der Waals surface area contributed by atoms with Gasteiger partial charge in [0.25, 0.3) is 0 Å². The van der Waals surface area contributed by atoms with Gasteiger partial charge in [-0.1, -0.05) is 6.42 Å². The first-order valence-electron chi connectivity index (χ1n) is 3.84. The Kier molecular flexibility index (Phi) is 2.98. The van der Waals surface area contributed by atoms with Crippen LogP contribution in [0, 0.1) is 0 Å². The summed E-state index contributed by atoms with van der Waals surface area (Å²) in [5.41, 5.74) is 4.16. The van der Waals surface area contributed by atoms with E-state index in [1.54, 1.807) is 0 Å². The Bertz CT molecular complexity index is 173. The topological polar surface area (TPSA) is 12.4 Å². The van der Waals surface area contributed by atoms with Gasteiger partial charge in [0.05, 0.1) is 5.70 Å². The van der Waals surface area contributed by atoms with Gasteiger partial charge in [0.1, 0.15) is 0 Å². The second-order valence-corrected chi connectivity index (χ2v) is 2.55. The van der Waals surface area contributed by atoms with Crippen molar-refractivity contribution >= 4 is 6.72 Å². The van der Waals surface area contributed by atoms with Gasteiger partial charge in [0, 0.05) is 0 Å². The molecule has 1 nitrogen and oxygen atoms in total. The van der Waals surface area contributed by atoms with Gasteiger partial charge in [-0.05, 0) is 38.5 Å². The number of rotatable bonds is 1. The molecule has 0 N–H and O–H groups in total. The van der Waals surface area contributed by atoms with Crippen molar-refractivity contribution in [3.63, 3.8) is 0 Å². The predicted molar refractivity (Wildman–Crippen MR) is 44.2 cm³/mol. The zero-order valence-corrected chi connectivity index (χ0v) is 6.27. The first-order valence-corrected chi connectivity index (χ1v) is 3.84. The maximum absolute atomic E-state index is 3.87. The van der Waals surface area contributed by atoms with Gasteiger partial charge in [0.15, 0.2) is 0 Å². The van der Waals surface area contributed by atoms with Crippen molar-refractivity contribution in [1.29, 1.82) is 0 Å². The Morgan fingerprint density at radius 2 is 2.30 bits per heavy atom. The minimum Gasteiger partial charge on any atom is -0.261 e. The Hall–Kier alpha value is -0.810. The normalized spacial score (nSPS) is 19.0. The first kappa shape index (κ1) is 7.30. The number of allylic oxidation sites excluding steroid dienone is 1. The van der Waals surface area contributed by atoms with Crippen molar-refractivity contribution in [2.75, 3.05) is 0 Å². The van der Waals surface area contributed by atoms with Crippen molar-refractivity contribution in [1.82, 2.24) is 0 Å². The Morgan fingerprint density at radius 1 is 1.40 bits per heavy atom. The zero-order chi connectivity index (χ0) is 7.23. The molecule has 1 aliphatic rings. The van der Waals surface area contributed by atoms with Gasteiger partial charge in [-0.15, -0.1) is 5.73 Å². The lowest BCUT2D eigenvalue weighted by Gasteiger charge is -2.00. The molecule has 0 bridgehead atoms. The third-order valence-corrected chi connectivity index (χ3v) is 1.72. The summed E-state index contributed by atoms with van der Waals surface area (Å²) >= 11 is 0. The summed E-state index contributed by atoms with van der Waals surface area (Å²) < 4.78 is 0. The molecule has 0 fully saturated rings. The van der Waals surface area contributed by atoms with E-state index in [4.69, 9.17) is 0 Å². The lowest BCUT2D eigenvalue weighted by molar-refractivity contribution is 0.675. The number of hydrogen-bond donors (Lipinski definition) is 0. The molecule has 1 heteroatoms. The zero-order valence-electron chi connectivity index (χ0n) is 6.27. The fraction of sp³-hybridized carbons (Fsp3) is 0.556. The van der Waals surface area contributed by atoms with E-state index in [1.165, 1.54) is 19.3 Å². The number of nitrogens with zero attached hydrogens (tertiary/aromatic N) is 1. The Balaban J connectivity index is 2.63. The average molecular weight is 135 g/mol. The molecular weight excluding hydrogens is 122 g/mol. The summed E-state index contributed by atoms with van der Waals surface area (Å²) in [6.07, 6.45) is 8.14. The van der Waals surface area contributed by atoms with Gasteiger partial charge in [-0.2, -0.15) is 0 Å². The summed E-state index contributed by atoms with van der Waals surface area (Å²) in [5.74, 6) is 0. The molecule has 0 saturated carbocycles. The van der Waals surface area contributed by atoms with Crippen molar-refractivity contribution in [2.24, 2.45) is 4.99 Å². The molecule has 1 aliphatic carbocycles. The van der Waals surface area contributed by atoms with Crippen LogP contribution in [-0.4, -0.2) is 6.72 Å². The largest absolute Gasteiger partial charge is 0.261 e. The molecule has 0 aliphatic heterocycles. The van der Waals surface area contributed by atoms with E-state index in [-0.39, 0.29) is 0 Å². The number of hydrogen-bond acceptors (Lipinski definition) is 1. The van der Waals surface area contributed by atoms with Crippen molar-refractivity contribution in [2.45, 2.75) is 32.1 Å². The SMILES string of the molecule is C=NC1=C=CCCCCC1. The van der Waals surface area contributed by atoms with Crippen LogP contribution >= 0.6 is 0 Å². The van der Waals surface area contributed by atoms with Gasteiger partial charge in [0.2, 0.25) is 0 Å². The van der Waals surface area contributed by atoms with Crippen LogP contribution in [0.25, 0.3) is 0 Å². The van der Waals surface area contributed by atoms with E-state index in [0.717, 1.165) is 18.5 Å².